The number of ether oxygens (including phenoxy) is 1. The second kappa shape index (κ2) is 8.97. The smallest absolute Gasteiger partial charge is 0.242 e. The van der Waals surface area contributed by atoms with Crippen molar-refractivity contribution in [3.63, 3.8) is 0 Å². The lowest BCUT2D eigenvalue weighted by molar-refractivity contribution is -0.122. The van der Waals surface area contributed by atoms with Crippen LogP contribution in [-0.2, 0) is 17.6 Å². The van der Waals surface area contributed by atoms with Crippen LogP contribution >= 0.6 is 11.3 Å². The zero-order valence-electron chi connectivity index (χ0n) is 14.8. The molecule has 1 unspecified atom stereocenters. The lowest BCUT2D eigenvalue weighted by atomic mass is 9.99. The Kier molecular flexibility index (Phi) is 6.96. The maximum Gasteiger partial charge on any atom is 0.242 e. The van der Waals surface area contributed by atoms with Crippen LogP contribution in [0, 0.1) is 11.7 Å². The number of hydrogen-bond acceptors (Lipinski definition) is 4. The first-order valence-electron chi connectivity index (χ1n) is 8.34. The summed E-state index contributed by atoms with van der Waals surface area (Å²) in [4.78, 5) is 12.9. The van der Waals surface area contributed by atoms with Gasteiger partial charge in [-0.05, 0) is 47.9 Å². The van der Waals surface area contributed by atoms with Gasteiger partial charge in [-0.1, -0.05) is 19.9 Å². The zero-order valence-corrected chi connectivity index (χ0v) is 15.7. The summed E-state index contributed by atoms with van der Waals surface area (Å²) in [7, 11) is 1.55. The molecular weight excluding hydrogens is 339 g/mol. The molecule has 0 bridgehead atoms. The van der Waals surface area contributed by atoms with Gasteiger partial charge in [0.25, 0.3) is 0 Å². The Labute approximate surface area is 152 Å². The Balaban J connectivity index is 1.96. The molecular formula is C19H25FN2O2S. The van der Waals surface area contributed by atoms with Crippen LogP contribution in [0.4, 0.5) is 4.39 Å². The number of carbonyl (C=O) groups excluding carboxylic acids is 1. The Morgan fingerprint density at radius 1 is 1.40 bits per heavy atom. The first kappa shape index (κ1) is 19.4. The standard InChI is InChI=1S/C19H25FN2O2S/c1-12(2)9-14-15(20)10-13(11-16(14)24-3)6-7-22-19(23)18(21)17-5-4-8-25-17/h4-5,8,10-12,18H,6-7,9,21H2,1-3H3,(H,22,23). The molecule has 0 aliphatic rings. The first-order chi connectivity index (χ1) is 11.9. The lowest BCUT2D eigenvalue weighted by Gasteiger charge is -2.15. The molecule has 4 nitrogen and oxygen atoms in total. The minimum Gasteiger partial charge on any atom is -0.496 e. The van der Waals surface area contributed by atoms with E-state index in [9.17, 15) is 9.18 Å². The SMILES string of the molecule is COc1cc(CCNC(=O)C(N)c2cccs2)cc(F)c1CC(C)C. The van der Waals surface area contributed by atoms with Gasteiger partial charge in [-0.2, -0.15) is 0 Å². The highest BCUT2D eigenvalue weighted by molar-refractivity contribution is 7.10. The number of methoxy groups -OCH3 is 1. The van der Waals surface area contributed by atoms with Crippen molar-refractivity contribution in [1.82, 2.24) is 5.32 Å². The van der Waals surface area contributed by atoms with E-state index in [1.165, 1.54) is 17.4 Å². The van der Waals surface area contributed by atoms with E-state index in [1.807, 2.05) is 37.4 Å². The summed E-state index contributed by atoms with van der Waals surface area (Å²) in [6.45, 7) is 4.47. The van der Waals surface area contributed by atoms with Gasteiger partial charge in [0.1, 0.15) is 17.6 Å². The summed E-state index contributed by atoms with van der Waals surface area (Å²) < 4.78 is 19.7. The summed E-state index contributed by atoms with van der Waals surface area (Å²) in [5.74, 6) is 0.411. The predicted octanol–water partition coefficient (Wildman–Crippen LogP) is 3.45. The van der Waals surface area contributed by atoms with Crippen LogP contribution in [0.1, 0.15) is 35.9 Å². The van der Waals surface area contributed by atoms with E-state index in [0.717, 1.165) is 10.4 Å². The van der Waals surface area contributed by atoms with Crippen molar-refractivity contribution in [2.24, 2.45) is 11.7 Å². The van der Waals surface area contributed by atoms with E-state index in [0.29, 0.717) is 36.6 Å². The number of benzene rings is 1. The van der Waals surface area contributed by atoms with Gasteiger partial charge < -0.3 is 15.8 Å². The van der Waals surface area contributed by atoms with Gasteiger partial charge in [0.2, 0.25) is 5.91 Å². The highest BCUT2D eigenvalue weighted by Gasteiger charge is 2.17. The predicted molar refractivity (Wildman–Crippen MR) is 99.5 cm³/mol. The molecule has 1 atom stereocenters. The zero-order chi connectivity index (χ0) is 18.4. The van der Waals surface area contributed by atoms with Crippen molar-refractivity contribution in [1.29, 1.82) is 0 Å². The molecule has 1 heterocycles. The monoisotopic (exact) mass is 364 g/mol. The third kappa shape index (κ3) is 5.28. The van der Waals surface area contributed by atoms with Crippen LogP contribution in [0.2, 0.25) is 0 Å². The van der Waals surface area contributed by atoms with E-state index in [1.54, 1.807) is 7.11 Å². The van der Waals surface area contributed by atoms with Crippen molar-refractivity contribution in [2.45, 2.75) is 32.7 Å². The molecule has 0 aliphatic carbocycles. The largest absolute Gasteiger partial charge is 0.496 e. The average molecular weight is 364 g/mol. The number of nitrogens with two attached hydrogens (primary N) is 1. The van der Waals surface area contributed by atoms with Crippen LogP contribution < -0.4 is 15.8 Å². The van der Waals surface area contributed by atoms with E-state index >= 15 is 0 Å². The summed E-state index contributed by atoms with van der Waals surface area (Å²) in [6, 6.07) is 6.39. The average Bonchev–Trinajstić information content (AvgIpc) is 3.10. The minimum atomic E-state index is -0.667. The summed E-state index contributed by atoms with van der Waals surface area (Å²) >= 11 is 1.45. The third-order valence-corrected chi connectivity index (χ3v) is 4.85. The molecule has 0 fully saturated rings. The van der Waals surface area contributed by atoms with Gasteiger partial charge in [-0.25, -0.2) is 4.39 Å². The molecule has 0 saturated heterocycles. The minimum absolute atomic E-state index is 0.230. The molecule has 136 valence electrons. The number of thiophene rings is 1. The van der Waals surface area contributed by atoms with Crippen LogP contribution in [0.15, 0.2) is 29.6 Å². The lowest BCUT2D eigenvalue weighted by Crippen LogP contribution is -2.34. The maximum atomic E-state index is 14.4. The molecule has 25 heavy (non-hydrogen) atoms. The molecule has 1 amide bonds. The number of rotatable bonds is 8. The fraction of sp³-hybridized carbons (Fsp3) is 0.421. The van der Waals surface area contributed by atoms with Crippen molar-refractivity contribution in [3.05, 3.63) is 51.5 Å². The van der Waals surface area contributed by atoms with Crippen LogP contribution in [-0.4, -0.2) is 19.6 Å². The first-order valence-corrected chi connectivity index (χ1v) is 9.22. The topological polar surface area (TPSA) is 64.3 Å². The van der Waals surface area contributed by atoms with E-state index in [2.05, 4.69) is 5.32 Å². The fourth-order valence-corrected chi connectivity index (χ4v) is 3.36. The van der Waals surface area contributed by atoms with Crippen LogP contribution in [0.25, 0.3) is 0 Å². The molecule has 2 aromatic rings. The van der Waals surface area contributed by atoms with Crippen molar-refractivity contribution >= 4 is 17.2 Å². The normalized spacial score (nSPS) is 12.2. The Bertz CT molecular complexity index is 702. The maximum absolute atomic E-state index is 14.4. The van der Waals surface area contributed by atoms with Gasteiger partial charge in [-0.15, -0.1) is 11.3 Å². The quantitative estimate of drug-likeness (QED) is 0.754. The van der Waals surface area contributed by atoms with Crippen LogP contribution in [0.5, 0.6) is 5.75 Å². The Hall–Kier alpha value is -1.92. The molecule has 2 rings (SSSR count). The van der Waals surface area contributed by atoms with Gasteiger partial charge in [-0.3, -0.25) is 4.79 Å². The summed E-state index contributed by atoms with van der Waals surface area (Å²) in [5, 5.41) is 4.69. The van der Waals surface area contributed by atoms with Crippen molar-refractivity contribution in [2.75, 3.05) is 13.7 Å². The number of halogens is 1. The summed E-state index contributed by atoms with van der Waals surface area (Å²) in [5.41, 5.74) is 7.30. The second-order valence-corrected chi connectivity index (χ2v) is 7.37. The van der Waals surface area contributed by atoms with Gasteiger partial charge in [0.05, 0.1) is 7.11 Å². The molecule has 6 heteroatoms. The molecule has 1 aromatic carbocycles. The molecule has 1 aromatic heterocycles. The molecule has 0 saturated carbocycles. The van der Waals surface area contributed by atoms with E-state index < -0.39 is 6.04 Å². The second-order valence-electron chi connectivity index (χ2n) is 6.39. The number of hydrogen-bond donors (Lipinski definition) is 2. The highest BCUT2D eigenvalue weighted by Crippen LogP contribution is 2.26. The van der Waals surface area contributed by atoms with Crippen LogP contribution in [0.3, 0.4) is 0 Å². The Morgan fingerprint density at radius 3 is 2.76 bits per heavy atom. The molecule has 3 N–H and O–H groups in total. The Morgan fingerprint density at radius 2 is 2.16 bits per heavy atom. The van der Waals surface area contributed by atoms with Gasteiger partial charge in [0.15, 0.2) is 0 Å². The van der Waals surface area contributed by atoms with E-state index in [-0.39, 0.29) is 11.7 Å². The van der Waals surface area contributed by atoms with Gasteiger partial charge >= 0.3 is 0 Å². The molecule has 0 aliphatic heterocycles. The highest BCUT2D eigenvalue weighted by atomic mass is 32.1. The summed E-state index contributed by atoms with van der Waals surface area (Å²) in [6.07, 6.45) is 1.14. The molecule has 0 spiro atoms. The number of carbonyl (C=O) groups is 1. The number of amides is 1. The van der Waals surface area contributed by atoms with Crippen molar-refractivity contribution < 1.29 is 13.9 Å². The fourth-order valence-electron chi connectivity index (χ4n) is 2.63. The van der Waals surface area contributed by atoms with Gasteiger partial charge in [0, 0.05) is 17.0 Å². The number of nitrogens with one attached hydrogen (secondary N) is 1. The third-order valence-electron chi connectivity index (χ3n) is 3.89. The van der Waals surface area contributed by atoms with E-state index in [4.69, 9.17) is 10.5 Å². The van der Waals surface area contributed by atoms with Crippen molar-refractivity contribution in [3.8, 4) is 5.75 Å². The molecule has 0 radical (unpaired) electrons.